The highest BCUT2D eigenvalue weighted by molar-refractivity contribution is 6.13. The van der Waals surface area contributed by atoms with Crippen molar-refractivity contribution < 1.29 is 67.1 Å². The molecule has 3 unspecified atom stereocenters. The van der Waals surface area contributed by atoms with Gasteiger partial charge in [-0.25, -0.2) is 0 Å². The highest BCUT2D eigenvalue weighted by Gasteiger charge is 2.26. The second kappa shape index (κ2) is 28.4. The Morgan fingerprint density at radius 1 is 0.446 bits per heavy atom. The zero-order valence-corrected chi connectivity index (χ0v) is 36.5. The maximum atomic E-state index is 12.8. The van der Waals surface area contributed by atoms with Crippen LogP contribution in [0.2, 0.25) is 0 Å². The summed E-state index contributed by atoms with van der Waals surface area (Å²) in [7, 11) is 0. The lowest BCUT2D eigenvalue weighted by Crippen LogP contribution is -2.51. The highest BCUT2D eigenvalue weighted by Crippen LogP contribution is 2.07. The molecule has 65 heavy (non-hydrogen) atoms. The zero-order valence-electron chi connectivity index (χ0n) is 36.5. The number of nitrogens with zero attached hydrogens (tertiary/aromatic N) is 2. The van der Waals surface area contributed by atoms with Gasteiger partial charge in [-0.15, -0.1) is 0 Å². The lowest BCUT2D eigenvalue weighted by atomic mass is 10.1. The number of rotatable bonds is 30. The number of ketones is 1. The summed E-state index contributed by atoms with van der Waals surface area (Å²) in [4.78, 5) is 171. The first-order chi connectivity index (χ1) is 30.8. The molecule has 13 amide bonds. The second-order valence-corrected chi connectivity index (χ2v) is 14.8. The molecule has 356 valence electrons. The Morgan fingerprint density at radius 3 is 1.31 bits per heavy atom. The molecule has 0 aromatic carbocycles. The number of carbonyl (C=O) groups excluding carboxylic acids is 14. The predicted molar refractivity (Wildman–Crippen MR) is 225 cm³/mol. The molecular weight excluding hydrogens is 859 g/mol. The van der Waals surface area contributed by atoms with Crippen molar-refractivity contribution in [2.45, 2.75) is 90.3 Å². The Kier molecular flexibility index (Phi) is 23.5. The minimum absolute atomic E-state index is 0.0162. The molecule has 3 atom stereocenters. The van der Waals surface area contributed by atoms with Crippen LogP contribution in [0.25, 0.3) is 0 Å². The number of hydrogen-bond acceptors (Lipinski definition) is 14. The van der Waals surface area contributed by atoms with E-state index >= 15 is 0 Å². The maximum Gasteiger partial charge on any atom is 0.253 e. The minimum atomic E-state index is -1.08. The number of unbranched alkanes of at least 4 members (excludes halogenated alkanes) is 1. The van der Waals surface area contributed by atoms with Gasteiger partial charge in [0.2, 0.25) is 53.2 Å². The Hall–Kier alpha value is -7.34. The Bertz CT molecular complexity index is 1880. The average molecular weight is 916 g/mol. The van der Waals surface area contributed by atoms with E-state index in [4.69, 9.17) is 0 Å². The van der Waals surface area contributed by atoms with Crippen molar-refractivity contribution in [3.05, 3.63) is 24.3 Å². The van der Waals surface area contributed by atoms with E-state index in [1.165, 1.54) is 20.8 Å². The first-order valence-electron chi connectivity index (χ1n) is 20.8. The summed E-state index contributed by atoms with van der Waals surface area (Å²) in [6.45, 7) is 2.31. The molecule has 0 saturated heterocycles. The molecule has 0 bridgehead atoms. The number of amides is 13. The van der Waals surface area contributed by atoms with Gasteiger partial charge in [-0.05, 0) is 52.9 Å². The van der Waals surface area contributed by atoms with E-state index < -0.39 is 121 Å². The average Bonchev–Trinajstić information content (AvgIpc) is 3.75. The van der Waals surface area contributed by atoms with Crippen molar-refractivity contribution in [1.82, 2.24) is 57.7 Å². The van der Waals surface area contributed by atoms with Gasteiger partial charge < -0.3 is 47.9 Å². The van der Waals surface area contributed by atoms with Crippen LogP contribution in [0.1, 0.15) is 72.1 Å². The topological polar surface area (TPSA) is 354 Å². The van der Waals surface area contributed by atoms with E-state index in [9.17, 15) is 67.1 Å². The monoisotopic (exact) mass is 915 g/mol. The van der Waals surface area contributed by atoms with Crippen LogP contribution in [-0.4, -0.2) is 163 Å². The first kappa shape index (κ1) is 53.8. The number of hydrogen-bond donors (Lipinski definition) is 9. The van der Waals surface area contributed by atoms with Crippen LogP contribution in [-0.2, 0) is 67.1 Å². The standard InChI is InChI=1S/C40H57N11O14/c1-24(52)15-17-42-40(65)27(49-33(58)23-44-32(57)22-46-39(64)26(3)48-29(54)10-7-19-51-36(61)13-14-37(51)62)8-4-5-16-41-30(55)20-43-31(56)21-45-38(63)25(2)47-28(53)9-6-18-50-34(59)11-12-35(50)60/h11-14,25-27H,4-10,15-23H2,1-3H3,(H,41,55)(H,42,65)(H,43,56)(H,44,57)(H,45,63)(H,46,64)(H,47,53)(H,48,54)(H,49,58). The van der Waals surface area contributed by atoms with Crippen molar-refractivity contribution in [2.24, 2.45) is 0 Å². The number of imide groups is 2. The third kappa shape index (κ3) is 21.5. The van der Waals surface area contributed by atoms with E-state index in [1.54, 1.807) is 0 Å². The molecule has 0 radical (unpaired) electrons. The van der Waals surface area contributed by atoms with E-state index in [0.717, 1.165) is 34.1 Å². The number of Topliss-reactive ketones (excluding diaryl/α,β-unsaturated/α-hetero) is 1. The molecule has 0 aliphatic carbocycles. The van der Waals surface area contributed by atoms with E-state index in [1.807, 2.05) is 0 Å². The van der Waals surface area contributed by atoms with Crippen LogP contribution in [0.4, 0.5) is 0 Å². The van der Waals surface area contributed by atoms with Gasteiger partial charge in [0.25, 0.3) is 23.6 Å². The van der Waals surface area contributed by atoms with Crippen molar-refractivity contribution in [3.63, 3.8) is 0 Å². The third-order valence-electron chi connectivity index (χ3n) is 9.32. The summed E-state index contributed by atoms with van der Waals surface area (Å²) < 4.78 is 0. The normalized spacial score (nSPS) is 14.2. The van der Waals surface area contributed by atoms with Gasteiger partial charge in [0.05, 0.1) is 26.2 Å². The molecule has 2 aliphatic heterocycles. The van der Waals surface area contributed by atoms with E-state index in [-0.39, 0.29) is 70.5 Å². The molecule has 0 aromatic rings. The zero-order chi connectivity index (χ0) is 48.5. The summed E-state index contributed by atoms with van der Waals surface area (Å²) in [5.74, 6) is -7.80. The molecule has 2 aliphatic rings. The van der Waals surface area contributed by atoms with Gasteiger partial charge in [-0.2, -0.15) is 0 Å². The Morgan fingerprint density at radius 2 is 0.862 bits per heavy atom. The second-order valence-electron chi connectivity index (χ2n) is 14.8. The summed E-state index contributed by atoms with van der Waals surface area (Å²) in [5.41, 5.74) is 0. The van der Waals surface area contributed by atoms with Crippen LogP contribution >= 0.6 is 0 Å². The molecule has 2 heterocycles. The third-order valence-corrected chi connectivity index (χ3v) is 9.32. The van der Waals surface area contributed by atoms with Gasteiger partial charge in [0, 0.05) is 69.7 Å². The Balaban J connectivity index is 1.65. The minimum Gasteiger partial charge on any atom is -0.355 e. The molecule has 2 rings (SSSR count). The smallest absolute Gasteiger partial charge is 0.253 e. The van der Waals surface area contributed by atoms with Crippen LogP contribution in [0.15, 0.2) is 24.3 Å². The summed E-state index contributed by atoms with van der Waals surface area (Å²) in [6.07, 6.45) is 5.55. The number of nitrogens with one attached hydrogen (secondary N) is 9. The van der Waals surface area contributed by atoms with Crippen molar-refractivity contribution >= 4 is 82.6 Å². The largest absolute Gasteiger partial charge is 0.355 e. The van der Waals surface area contributed by atoms with Gasteiger partial charge in [0.15, 0.2) is 0 Å². The van der Waals surface area contributed by atoms with Crippen molar-refractivity contribution in [2.75, 3.05) is 52.4 Å². The quantitative estimate of drug-likeness (QED) is 0.0240. The molecular formula is C40H57N11O14. The molecule has 25 nitrogen and oxygen atoms in total. The molecule has 0 aromatic heterocycles. The number of carbonyl (C=O) groups is 14. The summed E-state index contributed by atoms with van der Waals surface area (Å²) >= 11 is 0. The van der Waals surface area contributed by atoms with Crippen LogP contribution in [0.5, 0.6) is 0 Å². The van der Waals surface area contributed by atoms with Gasteiger partial charge in [-0.1, -0.05) is 0 Å². The lowest BCUT2D eigenvalue weighted by molar-refractivity contribution is -0.138. The lowest BCUT2D eigenvalue weighted by Gasteiger charge is -2.19. The fraction of sp³-hybridized carbons (Fsp3) is 0.550. The van der Waals surface area contributed by atoms with E-state index in [2.05, 4.69) is 47.9 Å². The Labute approximate surface area is 373 Å². The fourth-order valence-corrected chi connectivity index (χ4v) is 5.74. The maximum absolute atomic E-state index is 12.8. The molecule has 0 saturated carbocycles. The fourth-order valence-electron chi connectivity index (χ4n) is 5.74. The van der Waals surface area contributed by atoms with Gasteiger partial charge in [-0.3, -0.25) is 76.9 Å². The predicted octanol–water partition coefficient (Wildman–Crippen LogP) is -5.26. The van der Waals surface area contributed by atoms with E-state index in [0.29, 0.717) is 12.8 Å². The van der Waals surface area contributed by atoms with Gasteiger partial charge >= 0.3 is 0 Å². The first-order valence-corrected chi connectivity index (χ1v) is 20.8. The highest BCUT2D eigenvalue weighted by atomic mass is 16.2. The van der Waals surface area contributed by atoms with Gasteiger partial charge in [0.1, 0.15) is 23.9 Å². The van der Waals surface area contributed by atoms with Crippen LogP contribution < -0.4 is 47.9 Å². The van der Waals surface area contributed by atoms with Crippen molar-refractivity contribution in [3.8, 4) is 0 Å². The molecule has 25 heteroatoms. The van der Waals surface area contributed by atoms with Crippen molar-refractivity contribution in [1.29, 1.82) is 0 Å². The molecule has 0 fully saturated rings. The SMILES string of the molecule is CC(=O)CCNC(=O)C(CCCCNC(=O)CNC(=O)CNC(=O)C(C)NC(=O)CCCN1C(=O)C=CC1=O)NC(=O)CNC(=O)CNC(=O)C(C)NC(=O)CCCN1C(=O)C=CC1=O. The summed E-state index contributed by atoms with van der Waals surface area (Å²) in [6, 6.07) is -3.13. The van der Waals surface area contributed by atoms with Crippen LogP contribution in [0, 0.1) is 0 Å². The molecule has 9 N–H and O–H groups in total. The molecule has 0 spiro atoms. The van der Waals surface area contributed by atoms with Crippen LogP contribution in [0.3, 0.4) is 0 Å². The summed E-state index contributed by atoms with van der Waals surface area (Å²) in [5, 5.41) is 21.8.